The van der Waals surface area contributed by atoms with E-state index < -0.39 is 12.0 Å². The summed E-state index contributed by atoms with van der Waals surface area (Å²) in [5.41, 5.74) is 0.432. The van der Waals surface area contributed by atoms with Crippen molar-refractivity contribution < 1.29 is 24.2 Å². The summed E-state index contributed by atoms with van der Waals surface area (Å²) < 4.78 is 5.13. The van der Waals surface area contributed by atoms with E-state index in [-0.39, 0.29) is 23.1 Å². The summed E-state index contributed by atoms with van der Waals surface area (Å²) in [6.07, 6.45) is 3.70. The summed E-state index contributed by atoms with van der Waals surface area (Å²) in [5, 5.41) is 9.61. The predicted octanol–water partition coefficient (Wildman–Crippen LogP) is 2.01. The summed E-state index contributed by atoms with van der Waals surface area (Å²) in [7, 11) is 1.59. The summed E-state index contributed by atoms with van der Waals surface area (Å²) in [4.78, 5) is 40.5. The van der Waals surface area contributed by atoms with E-state index in [1.54, 1.807) is 36.3 Å². The molecule has 1 aliphatic carbocycles. The molecule has 3 aliphatic rings. The SMILES string of the molecule is COc1ccc(C(=O)N2CCC3(CC2)C[C@H](C(=O)O)N(C(=O)C2CC2)C3)cc1. The summed E-state index contributed by atoms with van der Waals surface area (Å²) in [6, 6.07) is 6.34. The van der Waals surface area contributed by atoms with E-state index in [0.29, 0.717) is 37.4 Å². The standard InChI is InChI=1S/C21H26N2O5/c1-28-16-6-4-14(5-7-16)18(24)22-10-8-21(9-11-22)12-17(20(26)27)23(13-21)19(25)15-2-3-15/h4-7,15,17H,2-3,8-13H2,1H3,(H,26,27)/t17-/m1/s1. The number of carbonyl (C=O) groups excluding carboxylic acids is 2. The Morgan fingerprint density at radius 3 is 2.29 bits per heavy atom. The van der Waals surface area contributed by atoms with Crippen LogP contribution < -0.4 is 4.74 Å². The molecular weight excluding hydrogens is 360 g/mol. The number of ether oxygens (including phenoxy) is 1. The maximum Gasteiger partial charge on any atom is 0.326 e. The molecular formula is C21H26N2O5. The number of amides is 2. The Bertz CT molecular complexity index is 778. The lowest BCUT2D eigenvalue weighted by molar-refractivity contribution is -0.148. The zero-order valence-corrected chi connectivity index (χ0v) is 16.1. The van der Waals surface area contributed by atoms with Crippen LogP contribution in [0.3, 0.4) is 0 Å². The number of hydrogen-bond acceptors (Lipinski definition) is 4. The zero-order chi connectivity index (χ0) is 19.9. The van der Waals surface area contributed by atoms with Gasteiger partial charge in [-0.15, -0.1) is 0 Å². The van der Waals surface area contributed by atoms with Gasteiger partial charge in [0.05, 0.1) is 7.11 Å². The highest BCUT2D eigenvalue weighted by molar-refractivity contribution is 5.94. The highest BCUT2D eigenvalue weighted by Crippen LogP contribution is 2.45. The number of aliphatic carboxylic acids is 1. The Morgan fingerprint density at radius 2 is 1.75 bits per heavy atom. The molecule has 0 aromatic heterocycles. The maximum absolute atomic E-state index is 12.8. The lowest BCUT2D eigenvalue weighted by atomic mass is 9.76. The fourth-order valence-electron chi connectivity index (χ4n) is 4.54. The minimum atomic E-state index is -0.914. The van der Waals surface area contributed by atoms with Crippen molar-refractivity contribution in [3.8, 4) is 5.75 Å². The summed E-state index contributed by atoms with van der Waals surface area (Å²) >= 11 is 0. The van der Waals surface area contributed by atoms with Gasteiger partial charge in [-0.25, -0.2) is 4.79 Å². The number of carboxylic acid groups (broad SMARTS) is 1. The van der Waals surface area contributed by atoms with Gasteiger partial charge in [0.2, 0.25) is 5.91 Å². The van der Waals surface area contributed by atoms with Crippen molar-refractivity contribution in [2.75, 3.05) is 26.7 Å². The first-order valence-electron chi connectivity index (χ1n) is 9.89. The van der Waals surface area contributed by atoms with Crippen LogP contribution in [0.15, 0.2) is 24.3 Å². The number of likely N-dealkylation sites (tertiary alicyclic amines) is 2. The fourth-order valence-corrected chi connectivity index (χ4v) is 4.54. The zero-order valence-electron chi connectivity index (χ0n) is 16.1. The number of rotatable bonds is 4. The van der Waals surface area contributed by atoms with Gasteiger partial charge >= 0.3 is 5.97 Å². The molecule has 0 radical (unpaired) electrons. The van der Waals surface area contributed by atoms with Crippen molar-refractivity contribution in [3.05, 3.63) is 29.8 Å². The second-order valence-corrected chi connectivity index (χ2v) is 8.32. The molecule has 150 valence electrons. The monoisotopic (exact) mass is 386 g/mol. The third kappa shape index (κ3) is 3.45. The number of benzene rings is 1. The van der Waals surface area contributed by atoms with Crippen LogP contribution in [-0.4, -0.2) is 65.5 Å². The molecule has 1 saturated carbocycles. The highest BCUT2D eigenvalue weighted by atomic mass is 16.5. The summed E-state index contributed by atoms with van der Waals surface area (Å²) in [5.74, 6) is -0.200. The molecule has 2 aliphatic heterocycles. The molecule has 7 nitrogen and oxygen atoms in total. The van der Waals surface area contributed by atoms with Gasteiger partial charge in [-0.3, -0.25) is 9.59 Å². The average molecular weight is 386 g/mol. The maximum atomic E-state index is 12.8. The topological polar surface area (TPSA) is 87.2 Å². The predicted molar refractivity (Wildman–Crippen MR) is 101 cm³/mol. The minimum absolute atomic E-state index is 0.000939. The Morgan fingerprint density at radius 1 is 1.11 bits per heavy atom. The van der Waals surface area contributed by atoms with Crippen LogP contribution in [0.2, 0.25) is 0 Å². The Hall–Kier alpha value is -2.57. The molecule has 3 fully saturated rings. The van der Waals surface area contributed by atoms with Gasteiger partial charge in [0.15, 0.2) is 0 Å². The van der Waals surface area contributed by atoms with Gasteiger partial charge < -0.3 is 19.6 Å². The number of hydrogen-bond donors (Lipinski definition) is 1. The molecule has 2 heterocycles. The normalized spacial score (nSPS) is 23.7. The molecule has 1 aromatic rings. The van der Waals surface area contributed by atoms with Crippen LogP contribution in [-0.2, 0) is 9.59 Å². The van der Waals surface area contributed by atoms with Gasteiger partial charge in [-0.05, 0) is 61.8 Å². The van der Waals surface area contributed by atoms with E-state index in [2.05, 4.69) is 0 Å². The van der Waals surface area contributed by atoms with Crippen molar-refractivity contribution in [2.24, 2.45) is 11.3 Å². The molecule has 1 N–H and O–H groups in total. The smallest absolute Gasteiger partial charge is 0.326 e. The highest BCUT2D eigenvalue weighted by Gasteiger charge is 2.52. The van der Waals surface area contributed by atoms with Gasteiger partial charge in [-0.2, -0.15) is 0 Å². The van der Waals surface area contributed by atoms with Crippen LogP contribution in [0, 0.1) is 11.3 Å². The third-order valence-electron chi connectivity index (χ3n) is 6.45. The van der Waals surface area contributed by atoms with E-state index >= 15 is 0 Å². The van der Waals surface area contributed by atoms with Crippen LogP contribution >= 0.6 is 0 Å². The van der Waals surface area contributed by atoms with E-state index in [9.17, 15) is 19.5 Å². The van der Waals surface area contributed by atoms with Crippen LogP contribution in [0.25, 0.3) is 0 Å². The molecule has 0 unspecified atom stereocenters. The molecule has 1 spiro atoms. The molecule has 1 aromatic carbocycles. The van der Waals surface area contributed by atoms with Crippen LogP contribution in [0.4, 0.5) is 0 Å². The Balaban J connectivity index is 1.41. The largest absolute Gasteiger partial charge is 0.497 e. The first-order valence-corrected chi connectivity index (χ1v) is 9.89. The first-order chi connectivity index (χ1) is 13.4. The van der Waals surface area contributed by atoms with Crippen molar-refractivity contribution in [3.63, 3.8) is 0 Å². The second-order valence-electron chi connectivity index (χ2n) is 8.32. The number of carboxylic acids is 1. The lowest BCUT2D eigenvalue weighted by Crippen LogP contribution is -2.45. The molecule has 2 amide bonds. The van der Waals surface area contributed by atoms with Gasteiger partial charge in [-0.1, -0.05) is 0 Å². The van der Waals surface area contributed by atoms with Gasteiger partial charge in [0.1, 0.15) is 11.8 Å². The van der Waals surface area contributed by atoms with E-state index in [1.165, 1.54) is 0 Å². The molecule has 4 rings (SSSR count). The van der Waals surface area contributed by atoms with Crippen molar-refractivity contribution in [1.82, 2.24) is 9.80 Å². The van der Waals surface area contributed by atoms with Crippen molar-refractivity contribution >= 4 is 17.8 Å². The summed E-state index contributed by atoms with van der Waals surface area (Å²) in [6.45, 7) is 1.68. The van der Waals surface area contributed by atoms with Gasteiger partial charge in [0.25, 0.3) is 5.91 Å². The number of nitrogens with zero attached hydrogens (tertiary/aromatic N) is 2. The lowest BCUT2D eigenvalue weighted by Gasteiger charge is -2.39. The minimum Gasteiger partial charge on any atom is -0.497 e. The van der Waals surface area contributed by atoms with E-state index in [0.717, 1.165) is 25.7 Å². The first kappa shape index (κ1) is 18.8. The van der Waals surface area contributed by atoms with Crippen molar-refractivity contribution in [2.45, 2.75) is 38.1 Å². The molecule has 28 heavy (non-hydrogen) atoms. The van der Waals surface area contributed by atoms with Crippen LogP contribution in [0.5, 0.6) is 5.75 Å². The Kier molecular flexibility index (Phi) is 4.77. The van der Waals surface area contributed by atoms with Crippen molar-refractivity contribution in [1.29, 1.82) is 0 Å². The average Bonchev–Trinajstić information content (AvgIpc) is 3.50. The van der Waals surface area contributed by atoms with E-state index in [4.69, 9.17) is 4.74 Å². The van der Waals surface area contributed by atoms with E-state index in [1.807, 2.05) is 4.90 Å². The third-order valence-corrected chi connectivity index (χ3v) is 6.45. The molecule has 1 atom stereocenters. The number of piperidine rings is 1. The number of methoxy groups -OCH3 is 1. The molecule has 0 bridgehead atoms. The quantitative estimate of drug-likeness (QED) is 0.855. The fraction of sp³-hybridized carbons (Fsp3) is 0.571. The number of carbonyl (C=O) groups is 3. The Labute approximate surface area is 164 Å². The van der Waals surface area contributed by atoms with Gasteiger partial charge in [0, 0.05) is 31.1 Å². The molecule has 7 heteroatoms. The second kappa shape index (κ2) is 7.11. The van der Waals surface area contributed by atoms with Crippen LogP contribution in [0.1, 0.15) is 42.5 Å². The molecule has 2 saturated heterocycles.